The van der Waals surface area contributed by atoms with Gasteiger partial charge in [0.15, 0.2) is 0 Å². The smallest absolute Gasteiger partial charge is 0.295 e. The molecule has 0 unspecified atom stereocenters. The van der Waals surface area contributed by atoms with E-state index in [4.69, 9.17) is 9.96 Å². The Kier molecular flexibility index (Phi) is 5.24. The van der Waals surface area contributed by atoms with Gasteiger partial charge in [0.05, 0.1) is 4.90 Å². The van der Waals surface area contributed by atoms with Gasteiger partial charge in [0.2, 0.25) is 0 Å². The van der Waals surface area contributed by atoms with Gasteiger partial charge in [0, 0.05) is 6.20 Å². The van der Waals surface area contributed by atoms with Crippen molar-refractivity contribution in [3.05, 3.63) is 58.7 Å². The summed E-state index contributed by atoms with van der Waals surface area (Å²) in [5.74, 6) is 0. The van der Waals surface area contributed by atoms with Crippen LogP contribution in [0.15, 0.2) is 41.4 Å². The highest BCUT2D eigenvalue weighted by molar-refractivity contribution is 7.86. The summed E-state index contributed by atoms with van der Waals surface area (Å²) in [5.41, 5.74) is 2.60. The molecule has 0 spiro atoms. The van der Waals surface area contributed by atoms with Crippen LogP contribution in [-0.2, 0) is 10.1 Å². The van der Waals surface area contributed by atoms with Crippen LogP contribution in [0.1, 0.15) is 16.7 Å². The van der Waals surface area contributed by atoms with Crippen molar-refractivity contribution in [2.75, 3.05) is 0 Å². The summed E-state index contributed by atoms with van der Waals surface area (Å²) >= 11 is 0. The van der Waals surface area contributed by atoms with Crippen LogP contribution in [0.3, 0.4) is 0 Å². The first-order valence-corrected chi connectivity index (χ1v) is 7.39. The number of nitrogens with one attached hydrogen (secondary N) is 2. The van der Waals surface area contributed by atoms with E-state index >= 15 is 0 Å². The van der Waals surface area contributed by atoms with Crippen LogP contribution in [0.5, 0.6) is 0 Å². The number of hydrogen-bond acceptors (Lipinski definition) is 3. The number of H-pyrrole nitrogens is 1. The largest absolute Gasteiger partial charge is 0.347 e. The van der Waals surface area contributed by atoms with E-state index in [9.17, 15) is 8.42 Å². The molecular weight excluding hydrogens is 276 g/mol. The Balaban J connectivity index is 0.000000240. The second kappa shape index (κ2) is 6.49. The van der Waals surface area contributed by atoms with E-state index in [1.165, 1.54) is 0 Å². The standard InChI is InChI=1S/C9H12O3S.C5H6N2/c1-6-4-7(2)9(8(3)5-6)13(10,11)12;6-5-3-1-2-4-7-5/h4-5H,1-3H3,(H,10,11,12);1-4H,(H2,6,7). The highest BCUT2D eigenvalue weighted by Crippen LogP contribution is 2.20. The van der Waals surface area contributed by atoms with Crippen molar-refractivity contribution < 1.29 is 13.0 Å². The van der Waals surface area contributed by atoms with Gasteiger partial charge in [0.25, 0.3) is 10.1 Å². The zero-order valence-electron chi connectivity index (χ0n) is 11.6. The van der Waals surface area contributed by atoms with Crippen molar-refractivity contribution in [3.63, 3.8) is 0 Å². The third-order valence-electron chi connectivity index (χ3n) is 2.57. The van der Waals surface area contributed by atoms with Gasteiger partial charge in [-0.15, -0.1) is 0 Å². The first kappa shape index (κ1) is 16.1. The summed E-state index contributed by atoms with van der Waals surface area (Å²) in [4.78, 5) is 2.72. The van der Waals surface area contributed by atoms with Gasteiger partial charge >= 0.3 is 0 Å². The highest BCUT2D eigenvalue weighted by atomic mass is 32.2. The molecule has 0 fully saturated rings. The van der Waals surface area contributed by atoms with Gasteiger partial charge in [-0.1, -0.05) is 23.8 Å². The Labute approximate surface area is 118 Å². The maximum Gasteiger partial charge on any atom is 0.295 e. The van der Waals surface area contributed by atoms with Crippen LogP contribution < -0.4 is 5.49 Å². The van der Waals surface area contributed by atoms with Crippen LogP contribution in [0.2, 0.25) is 0 Å². The Morgan fingerprint density at radius 1 is 1.10 bits per heavy atom. The Morgan fingerprint density at radius 2 is 1.65 bits per heavy atom. The summed E-state index contributed by atoms with van der Waals surface area (Å²) in [7, 11) is -4.08. The zero-order chi connectivity index (χ0) is 15.3. The zero-order valence-corrected chi connectivity index (χ0v) is 12.5. The molecule has 5 nitrogen and oxygen atoms in total. The van der Waals surface area contributed by atoms with E-state index in [2.05, 4.69) is 4.98 Å². The summed E-state index contributed by atoms with van der Waals surface area (Å²) < 4.78 is 30.8. The van der Waals surface area contributed by atoms with Crippen molar-refractivity contribution in [2.45, 2.75) is 25.7 Å². The molecule has 20 heavy (non-hydrogen) atoms. The molecule has 0 saturated carbocycles. The predicted molar refractivity (Wildman–Crippen MR) is 77.1 cm³/mol. The molecule has 0 atom stereocenters. The average molecular weight is 294 g/mol. The molecule has 0 aliphatic heterocycles. The SMILES string of the molecule is Cc1cc(C)c(S(=O)(=O)O)c(C)c1.N=c1cccc[nH]1. The third kappa shape index (κ3) is 4.64. The van der Waals surface area contributed by atoms with E-state index in [1.807, 2.05) is 19.1 Å². The molecule has 1 heterocycles. The predicted octanol–water partition coefficient (Wildman–Crippen LogP) is 2.35. The second-order valence-corrected chi connectivity index (χ2v) is 5.84. The number of aromatic amines is 1. The fourth-order valence-electron chi connectivity index (χ4n) is 1.97. The molecule has 2 aromatic rings. The fraction of sp³-hybridized carbons (Fsp3) is 0.214. The van der Waals surface area contributed by atoms with E-state index in [-0.39, 0.29) is 4.90 Å². The van der Waals surface area contributed by atoms with E-state index in [1.54, 1.807) is 38.2 Å². The molecule has 0 amide bonds. The minimum absolute atomic E-state index is 0.0260. The molecule has 0 saturated heterocycles. The number of pyridine rings is 1. The molecule has 0 aliphatic rings. The molecule has 1 aromatic carbocycles. The van der Waals surface area contributed by atoms with Gasteiger partial charge < -0.3 is 4.98 Å². The number of aryl methyl sites for hydroxylation is 3. The van der Waals surface area contributed by atoms with E-state index < -0.39 is 10.1 Å². The minimum Gasteiger partial charge on any atom is -0.347 e. The third-order valence-corrected chi connectivity index (χ3v) is 3.73. The molecule has 108 valence electrons. The van der Waals surface area contributed by atoms with Crippen LogP contribution in [0, 0.1) is 26.2 Å². The molecule has 3 N–H and O–H groups in total. The van der Waals surface area contributed by atoms with E-state index in [0.717, 1.165) is 5.56 Å². The second-order valence-electron chi connectivity index (χ2n) is 4.48. The topological polar surface area (TPSA) is 94.0 Å². The average Bonchev–Trinajstić information content (AvgIpc) is 2.27. The Morgan fingerprint density at radius 3 is 1.95 bits per heavy atom. The number of hydrogen-bond donors (Lipinski definition) is 3. The van der Waals surface area contributed by atoms with Crippen LogP contribution in [-0.4, -0.2) is 18.0 Å². The van der Waals surface area contributed by atoms with Crippen LogP contribution in [0.25, 0.3) is 0 Å². The van der Waals surface area contributed by atoms with Gasteiger partial charge in [-0.2, -0.15) is 8.42 Å². The Bertz CT molecular complexity index is 709. The summed E-state index contributed by atoms with van der Waals surface area (Å²) in [6, 6.07) is 8.82. The molecule has 0 aliphatic carbocycles. The summed E-state index contributed by atoms with van der Waals surface area (Å²) in [6.07, 6.45) is 1.72. The summed E-state index contributed by atoms with van der Waals surface area (Å²) in [6.45, 7) is 5.22. The van der Waals surface area contributed by atoms with Crippen LogP contribution >= 0.6 is 0 Å². The first-order valence-electron chi connectivity index (χ1n) is 5.95. The van der Waals surface area contributed by atoms with Crippen molar-refractivity contribution in [1.29, 1.82) is 5.41 Å². The molecule has 0 radical (unpaired) electrons. The van der Waals surface area contributed by atoms with Crippen molar-refractivity contribution >= 4 is 10.1 Å². The van der Waals surface area contributed by atoms with Gasteiger partial charge in [0.1, 0.15) is 5.49 Å². The van der Waals surface area contributed by atoms with E-state index in [0.29, 0.717) is 16.6 Å². The lowest BCUT2D eigenvalue weighted by Gasteiger charge is -2.07. The maximum absolute atomic E-state index is 10.9. The highest BCUT2D eigenvalue weighted by Gasteiger charge is 2.15. The quantitative estimate of drug-likeness (QED) is 0.705. The maximum atomic E-state index is 10.9. The summed E-state index contributed by atoms with van der Waals surface area (Å²) in [5, 5.41) is 6.94. The molecule has 1 aromatic heterocycles. The number of rotatable bonds is 1. The lowest BCUT2D eigenvalue weighted by atomic mass is 10.1. The fourth-order valence-corrected chi connectivity index (χ4v) is 2.90. The normalized spacial score (nSPS) is 10.6. The van der Waals surface area contributed by atoms with Crippen LogP contribution in [0.4, 0.5) is 0 Å². The number of aromatic nitrogens is 1. The van der Waals surface area contributed by atoms with Gasteiger partial charge in [-0.3, -0.25) is 9.96 Å². The van der Waals surface area contributed by atoms with Crippen molar-refractivity contribution in [2.24, 2.45) is 0 Å². The van der Waals surface area contributed by atoms with Crippen molar-refractivity contribution in [1.82, 2.24) is 4.98 Å². The lowest BCUT2D eigenvalue weighted by Crippen LogP contribution is -2.04. The Hall–Kier alpha value is -1.92. The molecular formula is C14H18N2O3S. The monoisotopic (exact) mass is 294 g/mol. The molecule has 2 rings (SSSR count). The molecule has 0 bridgehead atoms. The minimum atomic E-state index is -4.08. The first-order chi connectivity index (χ1) is 9.21. The molecule has 6 heteroatoms. The van der Waals surface area contributed by atoms with Crippen molar-refractivity contribution in [3.8, 4) is 0 Å². The number of benzene rings is 1. The van der Waals surface area contributed by atoms with Gasteiger partial charge in [-0.25, -0.2) is 0 Å². The lowest BCUT2D eigenvalue weighted by molar-refractivity contribution is 0.482. The van der Waals surface area contributed by atoms with Gasteiger partial charge in [-0.05, 0) is 44.0 Å².